The lowest BCUT2D eigenvalue weighted by Gasteiger charge is -2.00. The van der Waals surface area contributed by atoms with Crippen molar-refractivity contribution in [1.82, 2.24) is 5.32 Å². The molecule has 0 bridgehead atoms. The van der Waals surface area contributed by atoms with Gasteiger partial charge in [-0.3, -0.25) is 4.79 Å². The fraction of sp³-hybridized carbons (Fsp3) is 0.308. The first-order chi connectivity index (χ1) is 7.74. The van der Waals surface area contributed by atoms with Crippen molar-refractivity contribution >= 4 is 16.9 Å². The fourth-order valence-corrected chi connectivity index (χ4v) is 2.24. The zero-order valence-corrected chi connectivity index (χ0v) is 9.12. The molecule has 1 aliphatic heterocycles. The molecule has 1 fully saturated rings. The number of carbonyl (C=O) groups is 1. The number of hydrogen-bond donors (Lipinski definition) is 1. The van der Waals surface area contributed by atoms with E-state index in [1.54, 1.807) is 0 Å². The Morgan fingerprint density at radius 1 is 1.44 bits per heavy atom. The van der Waals surface area contributed by atoms with Gasteiger partial charge in [-0.15, -0.1) is 0 Å². The van der Waals surface area contributed by atoms with Crippen molar-refractivity contribution < 1.29 is 9.21 Å². The van der Waals surface area contributed by atoms with Crippen LogP contribution >= 0.6 is 0 Å². The van der Waals surface area contributed by atoms with Crippen molar-refractivity contribution in [3.8, 4) is 0 Å². The van der Waals surface area contributed by atoms with Gasteiger partial charge in [-0.2, -0.15) is 0 Å². The summed E-state index contributed by atoms with van der Waals surface area (Å²) < 4.78 is 5.84. The number of nitrogens with one attached hydrogen (secondary N) is 1. The van der Waals surface area contributed by atoms with Crippen molar-refractivity contribution in [2.45, 2.75) is 19.3 Å². The summed E-state index contributed by atoms with van der Waals surface area (Å²) in [7, 11) is 0. The first-order valence-corrected chi connectivity index (χ1v) is 5.50. The minimum atomic E-state index is 0.113. The van der Waals surface area contributed by atoms with Crippen LogP contribution in [0, 0.1) is 6.92 Å². The SMILES string of the molecule is Cc1cccc2cc([C@@H]3CNC(=O)C3)oc12. The van der Waals surface area contributed by atoms with Gasteiger partial charge in [0.15, 0.2) is 0 Å². The van der Waals surface area contributed by atoms with E-state index in [1.807, 2.05) is 31.2 Å². The number of aryl methyl sites for hydroxylation is 1. The third-order valence-corrected chi connectivity index (χ3v) is 3.14. The summed E-state index contributed by atoms with van der Waals surface area (Å²) in [5, 5.41) is 3.95. The van der Waals surface area contributed by atoms with Gasteiger partial charge in [0.05, 0.1) is 0 Å². The summed E-state index contributed by atoms with van der Waals surface area (Å²) >= 11 is 0. The van der Waals surface area contributed by atoms with E-state index in [9.17, 15) is 4.79 Å². The molecule has 0 spiro atoms. The number of carbonyl (C=O) groups excluding carboxylic acids is 1. The Kier molecular flexibility index (Phi) is 1.99. The van der Waals surface area contributed by atoms with Crippen molar-refractivity contribution in [3.05, 3.63) is 35.6 Å². The lowest BCUT2D eigenvalue weighted by Crippen LogP contribution is -2.13. The average molecular weight is 215 g/mol. The molecule has 1 aromatic carbocycles. The maximum atomic E-state index is 11.2. The Bertz CT molecular complexity index is 556. The number of amides is 1. The minimum Gasteiger partial charge on any atom is -0.460 e. The molecule has 16 heavy (non-hydrogen) atoms. The second-order valence-electron chi connectivity index (χ2n) is 4.35. The summed E-state index contributed by atoms with van der Waals surface area (Å²) in [6.07, 6.45) is 0.541. The first-order valence-electron chi connectivity index (χ1n) is 5.50. The molecule has 2 heterocycles. The lowest BCUT2D eigenvalue weighted by molar-refractivity contribution is -0.119. The minimum absolute atomic E-state index is 0.113. The molecule has 1 atom stereocenters. The highest BCUT2D eigenvalue weighted by molar-refractivity contribution is 5.82. The second kappa shape index (κ2) is 3.37. The lowest BCUT2D eigenvalue weighted by atomic mass is 10.1. The molecule has 0 unspecified atom stereocenters. The van der Waals surface area contributed by atoms with Crippen LogP contribution in [0.1, 0.15) is 23.7 Å². The van der Waals surface area contributed by atoms with Crippen LogP contribution in [0.25, 0.3) is 11.0 Å². The van der Waals surface area contributed by atoms with Crippen LogP contribution in [-0.4, -0.2) is 12.5 Å². The van der Waals surface area contributed by atoms with Gasteiger partial charge >= 0.3 is 0 Å². The Labute approximate surface area is 93.4 Å². The molecule has 1 amide bonds. The number of rotatable bonds is 1. The van der Waals surface area contributed by atoms with E-state index in [0.717, 1.165) is 22.3 Å². The highest BCUT2D eigenvalue weighted by atomic mass is 16.3. The molecule has 2 aromatic rings. The average Bonchev–Trinajstić information content (AvgIpc) is 2.84. The van der Waals surface area contributed by atoms with Gasteiger partial charge in [-0.05, 0) is 18.6 Å². The Hall–Kier alpha value is -1.77. The van der Waals surface area contributed by atoms with Gasteiger partial charge in [0, 0.05) is 24.3 Å². The highest BCUT2D eigenvalue weighted by Gasteiger charge is 2.26. The molecule has 1 aliphatic rings. The standard InChI is InChI=1S/C13H13NO2/c1-8-3-2-4-9-5-11(16-13(8)9)10-6-12(15)14-7-10/h2-5,10H,6-7H2,1H3,(H,14,15)/t10-/m0/s1. The number of hydrogen-bond acceptors (Lipinski definition) is 2. The molecule has 0 radical (unpaired) electrons. The third-order valence-electron chi connectivity index (χ3n) is 3.14. The van der Waals surface area contributed by atoms with Gasteiger partial charge in [0.2, 0.25) is 5.91 Å². The van der Waals surface area contributed by atoms with Crippen molar-refractivity contribution in [2.75, 3.05) is 6.54 Å². The zero-order chi connectivity index (χ0) is 11.1. The fourth-order valence-electron chi connectivity index (χ4n) is 2.24. The number of fused-ring (bicyclic) bond motifs is 1. The molecule has 1 N–H and O–H groups in total. The third kappa shape index (κ3) is 1.40. The smallest absolute Gasteiger partial charge is 0.220 e. The Morgan fingerprint density at radius 2 is 2.31 bits per heavy atom. The van der Waals surface area contributed by atoms with Crippen LogP contribution in [0.4, 0.5) is 0 Å². The maximum absolute atomic E-state index is 11.2. The van der Waals surface area contributed by atoms with Crippen molar-refractivity contribution in [2.24, 2.45) is 0 Å². The first kappa shape index (κ1) is 9.46. The summed E-state index contributed by atoms with van der Waals surface area (Å²) in [4.78, 5) is 11.2. The summed E-state index contributed by atoms with van der Waals surface area (Å²) in [5.74, 6) is 1.23. The van der Waals surface area contributed by atoms with E-state index in [0.29, 0.717) is 13.0 Å². The summed E-state index contributed by atoms with van der Waals surface area (Å²) in [6.45, 7) is 2.73. The zero-order valence-electron chi connectivity index (χ0n) is 9.12. The van der Waals surface area contributed by atoms with E-state index in [4.69, 9.17) is 4.42 Å². The van der Waals surface area contributed by atoms with E-state index in [2.05, 4.69) is 5.32 Å². The molecule has 3 heteroatoms. The van der Waals surface area contributed by atoms with Crippen LogP contribution < -0.4 is 5.32 Å². The maximum Gasteiger partial charge on any atom is 0.220 e. The van der Waals surface area contributed by atoms with Gasteiger partial charge in [-0.1, -0.05) is 18.2 Å². The molecule has 3 nitrogen and oxygen atoms in total. The van der Waals surface area contributed by atoms with E-state index < -0.39 is 0 Å². The molecule has 0 saturated carbocycles. The van der Waals surface area contributed by atoms with Crippen LogP contribution in [0.3, 0.4) is 0 Å². The Balaban J connectivity index is 2.05. The monoisotopic (exact) mass is 215 g/mol. The van der Waals surface area contributed by atoms with Crippen LogP contribution in [0.2, 0.25) is 0 Å². The number of para-hydroxylation sites is 1. The molecular weight excluding hydrogens is 202 g/mol. The molecular formula is C13H13NO2. The van der Waals surface area contributed by atoms with E-state index in [-0.39, 0.29) is 11.8 Å². The summed E-state index contributed by atoms with van der Waals surface area (Å²) in [5.41, 5.74) is 2.08. The normalized spacial score (nSPS) is 20.3. The van der Waals surface area contributed by atoms with Crippen LogP contribution in [0.5, 0.6) is 0 Å². The number of furan rings is 1. The van der Waals surface area contributed by atoms with Gasteiger partial charge in [0.25, 0.3) is 0 Å². The van der Waals surface area contributed by atoms with Gasteiger partial charge in [-0.25, -0.2) is 0 Å². The van der Waals surface area contributed by atoms with Gasteiger partial charge < -0.3 is 9.73 Å². The molecule has 1 aromatic heterocycles. The molecule has 3 rings (SSSR count). The van der Waals surface area contributed by atoms with Crippen molar-refractivity contribution in [1.29, 1.82) is 0 Å². The van der Waals surface area contributed by atoms with Crippen molar-refractivity contribution in [3.63, 3.8) is 0 Å². The predicted octanol–water partition coefficient (Wildman–Crippen LogP) is 2.34. The quantitative estimate of drug-likeness (QED) is 0.793. The number of benzene rings is 1. The van der Waals surface area contributed by atoms with Crippen LogP contribution in [-0.2, 0) is 4.79 Å². The largest absolute Gasteiger partial charge is 0.460 e. The van der Waals surface area contributed by atoms with E-state index >= 15 is 0 Å². The molecule has 1 saturated heterocycles. The van der Waals surface area contributed by atoms with E-state index in [1.165, 1.54) is 0 Å². The van der Waals surface area contributed by atoms with Crippen LogP contribution in [0.15, 0.2) is 28.7 Å². The van der Waals surface area contributed by atoms with Gasteiger partial charge in [0.1, 0.15) is 11.3 Å². The second-order valence-corrected chi connectivity index (χ2v) is 4.35. The topological polar surface area (TPSA) is 42.2 Å². The highest BCUT2D eigenvalue weighted by Crippen LogP contribution is 2.30. The Morgan fingerprint density at radius 3 is 3.00 bits per heavy atom. The molecule has 0 aliphatic carbocycles. The summed E-state index contributed by atoms with van der Waals surface area (Å²) in [6, 6.07) is 8.15. The molecule has 82 valence electrons. The predicted molar refractivity (Wildman–Crippen MR) is 61.3 cm³/mol.